The van der Waals surface area contributed by atoms with Crippen molar-refractivity contribution in [3.63, 3.8) is 0 Å². The SMILES string of the molecule is O=[C]CCCCC#CCCCCCCCCCCC[N+](=O)[O-]. The maximum absolute atomic E-state index is 10.1. The number of unbranched alkanes of at least 4 members (excludes halogenated alkanes) is 12. The van der Waals surface area contributed by atoms with E-state index in [0.29, 0.717) is 6.42 Å². The minimum atomic E-state index is -0.229. The molecule has 0 saturated heterocycles. The van der Waals surface area contributed by atoms with E-state index in [1.54, 1.807) is 0 Å². The van der Waals surface area contributed by atoms with E-state index in [1.165, 1.54) is 38.5 Å². The van der Waals surface area contributed by atoms with Crippen LogP contribution < -0.4 is 0 Å². The first-order valence-electron chi connectivity index (χ1n) is 8.70. The summed E-state index contributed by atoms with van der Waals surface area (Å²) < 4.78 is 0. The molecule has 0 saturated carbocycles. The van der Waals surface area contributed by atoms with Crippen molar-refractivity contribution in [2.75, 3.05) is 6.54 Å². The normalized spacial score (nSPS) is 10.0. The lowest BCUT2D eigenvalue weighted by Crippen LogP contribution is -1.99. The fourth-order valence-corrected chi connectivity index (χ4v) is 2.28. The molecule has 0 atom stereocenters. The highest BCUT2D eigenvalue weighted by molar-refractivity contribution is 5.50. The van der Waals surface area contributed by atoms with Crippen LogP contribution in [-0.4, -0.2) is 17.8 Å². The van der Waals surface area contributed by atoms with Crippen LogP contribution in [0.25, 0.3) is 0 Å². The Kier molecular flexibility index (Phi) is 16.6. The van der Waals surface area contributed by atoms with Crippen LogP contribution in [-0.2, 0) is 4.79 Å². The van der Waals surface area contributed by atoms with Gasteiger partial charge < -0.3 is 0 Å². The van der Waals surface area contributed by atoms with E-state index in [2.05, 4.69) is 11.8 Å². The Morgan fingerprint density at radius 2 is 1.05 bits per heavy atom. The number of rotatable bonds is 15. The highest BCUT2D eigenvalue weighted by Gasteiger charge is 1.96. The van der Waals surface area contributed by atoms with Crippen molar-refractivity contribution < 1.29 is 9.72 Å². The van der Waals surface area contributed by atoms with Gasteiger partial charge in [0.2, 0.25) is 6.54 Å². The maximum atomic E-state index is 10.1. The summed E-state index contributed by atoms with van der Waals surface area (Å²) in [5.41, 5.74) is 0. The van der Waals surface area contributed by atoms with Gasteiger partial charge in [0.15, 0.2) is 6.29 Å². The zero-order valence-electron chi connectivity index (χ0n) is 13.8. The third-order valence-corrected chi connectivity index (χ3v) is 3.60. The third-order valence-electron chi connectivity index (χ3n) is 3.60. The summed E-state index contributed by atoms with van der Waals surface area (Å²) in [7, 11) is 0. The first-order valence-corrected chi connectivity index (χ1v) is 8.70. The molecule has 0 amide bonds. The van der Waals surface area contributed by atoms with Gasteiger partial charge in [0.05, 0.1) is 0 Å². The second-order valence-electron chi connectivity index (χ2n) is 5.69. The molecule has 0 aromatic rings. The Balaban J connectivity index is 3.09. The molecular weight excluding hydrogens is 278 g/mol. The molecule has 4 nitrogen and oxygen atoms in total. The highest BCUT2D eigenvalue weighted by atomic mass is 16.6. The molecule has 4 heteroatoms. The van der Waals surface area contributed by atoms with Crippen molar-refractivity contribution >= 4 is 6.29 Å². The van der Waals surface area contributed by atoms with E-state index in [4.69, 9.17) is 0 Å². The van der Waals surface area contributed by atoms with Crippen LogP contribution in [0.2, 0.25) is 0 Å². The summed E-state index contributed by atoms with van der Waals surface area (Å²) in [6.07, 6.45) is 16.5. The predicted molar refractivity (Wildman–Crippen MR) is 90.0 cm³/mol. The molecule has 0 unspecified atom stereocenters. The van der Waals surface area contributed by atoms with Crippen molar-refractivity contribution in [3.8, 4) is 11.8 Å². The van der Waals surface area contributed by atoms with Crippen molar-refractivity contribution in [1.29, 1.82) is 0 Å². The second kappa shape index (κ2) is 17.7. The molecular formula is C18H30NO3. The van der Waals surface area contributed by atoms with Gasteiger partial charge in [-0.3, -0.25) is 14.9 Å². The van der Waals surface area contributed by atoms with Gasteiger partial charge in [-0.25, -0.2) is 0 Å². The van der Waals surface area contributed by atoms with Crippen LogP contribution in [0.4, 0.5) is 0 Å². The molecule has 0 fully saturated rings. The minimum Gasteiger partial charge on any atom is -0.291 e. The van der Waals surface area contributed by atoms with Crippen molar-refractivity contribution in [2.45, 2.75) is 89.9 Å². The number of hydrogen-bond acceptors (Lipinski definition) is 3. The van der Waals surface area contributed by atoms with Gasteiger partial charge in [-0.1, -0.05) is 38.5 Å². The molecule has 0 aromatic carbocycles. The maximum Gasteiger partial charge on any atom is 0.203 e. The number of nitrogens with zero attached hydrogens (tertiary/aromatic N) is 1. The largest absolute Gasteiger partial charge is 0.291 e. The van der Waals surface area contributed by atoms with Gasteiger partial charge >= 0.3 is 0 Å². The molecule has 0 rings (SSSR count). The van der Waals surface area contributed by atoms with E-state index in [-0.39, 0.29) is 11.5 Å². The van der Waals surface area contributed by atoms with Crippen molar-refractivity contribution in [1.82, 2.24) is 0 Å². The fraction of sp³-hybridized carbons (Fsp3) is 0.833. The van der Waals surface area contributed by atoms with Crippen molar-refractivity contribution in [3.05, 3.63) is 10.1 Å². The average Bonchev–Trinajstić information content (AvgIpc) is 2.50. The van der Waals surface area contributed by atoms with Gasteiger partial charge in [-0.2, -0.15) is 0 Å². The molecule has 0 heterocycles. The van der Waals surface area contributed by atoms with Gasteiger partial charge in [-0.05, 0) is 25.7 Å². The number of carbonyl (C=O) groups excluding carboxylic acids is 1. The van der Waals surface area contributed by atoms with Crippen molar-refractivity contribution in [2.24, 2.45) is 0 Å². The van der Waals surface area contributed by atoms with Gasteiger partial charge in [0.25, 0.3) is 0 Å². The van der Waals surface area contributed by atoms with E-state index in [0.717, 1.165) is 44.9 Å². The summed E-state index contributed by atoms with van der Waals surface area (Å²) in [6.45, 7) is 0.122. The van der Waals surface area contributed by atoms with Gasteiger partial charge in [0.1, 0.15) is 0 Å². The smallest absolute Gasteiger partial charge is 0.203 e. The zero-order chi connectivity index (χ0) is 16.3. The van der Waals surface area contributed by atoms with Crippen LogP contribution >= 0.6 is 0 Å². The van der Waals surface area contributed by atoms with E-state index in [9.17, 15) is 14.9 Å². The average molecular weight is 308 g/mol. The topological polar surface area (TPSA) is 60.2 Å². The molecule has 0 spiro atoms. The Morgan fingerprint density at radius 1 is 0.636 bits per heavy atom. The summed E-state index contributed by atoms with van der Waals surface area (Å²) in [4.78, 5) is 19.9. The molecule has 0 aliphatic heterocycles. The number of nitro groups is 1. The Hall–Kier alpha value is -1.37. The van der Waals surface area contributed by atoms with Crippen LogP contribution in [0, 0.1) is 22.0 Å². The summed E-state index contributed by atoms with van der Waals surface area (Å²) in [5, 5.41) is 10.1. The summed E-state index contributed by atoms with van der Waals surface area (Å²) in [5.74, 6) is 6.35. The second-order valence-corrected chi connectivity index (χ2v) is 5.69. The van der Waals surface area contributed by atoms with E-state index in [1.807, 2.05) is 6.29 Å². The molecule has 0 aromatic heterocycles. The van der Waals surface area contributed by atoms with Crippen LogP contribution in [0.5, 0.6) is 0 Å². The highest BCUT2D eigenvalue weighted by Crippen LogP contribution is 2.10. The third kappa shape index (κ3) is 18.6. The van der Waals surface area contributed by atoms with Crippen LogP contribution in [0.15, 0.2) is 0 Å². The lowest BCUT2D eigenvalue weighted by molar-refractivity contribution is -0.480. The Labute approximate surface area is 135 Å². The quantitative estimate of drug-likeness (QED) is 0.188. The Morgan fingerprint density at radius 3 is 1.55 bits per heavy atom. The van der Waals surface area contributed by atoms with Crippen LogP contribution in [0.1, 0.15) is 89.9 Å². The first-order chi connectivity index (χ1) is 10.8. The van der Waals surface area contributed by atoms with Gasteiger partial charge in [-0.15, -0.1) is 11.8 Å². The summed E-state index contributed by atoms with van der Waals surface area (Å²) in [6, 6.07) is 0. The monoisotopic (exact) mass is 308 g/mol. The Bertz CT molecular complexity index is 331. The number of hydrogen-bond donors (Lipinski definition) is 0. The van der Waals surface area contributed by atoms with Crippen LogP contribution in [0.3, 0.4) is 0 Å². The van der Waals surface area contributed by atoms with Gasteiger partial charge in [0, 0.05) is 30.6 Å². The molecule has 22 heavy (non-hydrogen) atoms. The fourth-order valence-electron chi connectivity index (χ4n) is 2.28. The summed E-state index contributed by atoms with van der Waals surface area (Å²) >= 11 is 0. The predicted octanol–water partition coefficient (Wildman–Crippen LogP) is 4.84. The molecule has 1 radical (unpaired) electrons. The molecule has 0 bridgehead atoms. The van der Waals surface area contributed by atoms with E-state index < -0.39 is 0 Å². The lowest BCUT2D eigenvalue weighted by Gasteiger charge is -2.00. The molecule has 0 aliphatic carbocycles. The standard InChI is InChI=1S/C18H30NO3/c20-18-16-14-12-10-8-6-4-2-1-3-5-7-9-11-13-15-17-19(21)22/h1-5,7,9-17H2. The molecule has 0 aliphatic rings. The molecule has 125 valence electrons. The van der Waals surface area contributed by atoms with E-state index >= 15 is 0 Å². The first kappa shape index (κ1) is 20.6. The lowest BCUT2D eigenvalue weighted by atomic mass is 10.1. The minimum absolute atomic E-state index is 0.122. The zero-order valence-corrected chi connectivity index (χ0v) is 13.8. The molecule has 0 N–H and O–H groups in total.